The topological polar surface area (TPSA) is 58.1 Å². The van der Waals surface area contributed by atoms with Gasteiger partial charge in [-0.15, -0.1) is 11.6 Å². The fraction of sp³-hybridized carbons (Fsp3) is 0.421. The van der Waals surface area contributed by atoms with E-state index < -0.39 is 0 Å². The van der Waals surface area contributed by atoms with E-state index >= 15 is 0 Å². The van der Waals surface area contributed by atoms with Gasteiger partial charge in [0, 0.05) is 36.8 Å². The first-order valence-corrected chi connectivity index (χ1v) is 10.2. The number of hydrogen-bond donors (Lipinski definition) is 1. The highest BCUT2D eigenvalue weighted by Crippen LogP contribution is 2.26. The highest BCUT2D eigenvalue weighted by atomic mass is 35.5. The van der Waals surface area contributed by atoms with Gasteiger partial charge in [-0.1, -0.05) is 30.0 Å². The van der Waals surface area contributed by atoms with Crippen LogP contribution in [-0.2, 0) is 6.54 Å². The van der Waals surface area contributed by atoms with E-state index in [1.54, 1.807) is 6.33 Å². The number of carbonyl (C=O) groups is 1. The Hall–Kier alpha value is -1.63. The van der Waals surface area contributed by atoms with Crippen molar-refractivity contribution >= 4 is 35.5 Å². The summed E-state index contributed by atoms with van der Waals surface area (Å²) in [4.78, 5) is 22.0. The Kier molecular flexibility index (Phi) is 6.88. The van der Waals surface area contributed by atoms with Crippen LogP contribution in [0.4, 0.5) is 5.82 Å². The number of thioether (sulfide) groups is 1. The molecule has 1 fully saturated rings. The quantitative estimate of drug-likeness (QED) is 0.334. The molecule has 1 aromatic heterocycles. The number of alkyl halides is 1. The minimum atomic E-state index is 0.412. The molecule has 0 radical (unpaired) electrons. The third-order valence-electron chi connectivity index (χ3n) is 4.65. The molecular weight excluding hydrogens is 368 g/mol. The third kappa shape index (κ3) is 4.96. The number of aldehydes is 1. The van der Waals surface area contributed by atoms with Gasteiger partial charge in [0.1, 0.15) is 23.5 Å². The molecular formula is C19H23ClN4OS. The molecule has 1 saturated heterocycles. The van der Waals surface area contributed by atoms with Crippen LogP contribution >= 0.6 is 23.4 Å². The van der Waals surface area contributed by atoms with Crippen molar-refractivity contribution in [1.29, 1.82) is 0 Å². The smallest absolute Gasteiger partial charge is 0.150 e. The summed E-state index contributed by atoms with van der Waals surface area (Å²) < 4.78 is 0. The van der Waals surface area contributed by atoms with Crippen LogP contribution in [0.2, 0.25) is 0 Å². The fourth-order valence-electron chi connectivity index (χ4n) is 3.23. The number of nitrogens with one attached hydrogen (secondary N) is 1. The lowest BCUT2D eigenvalue weighted by atomic mass is 10.0. The van der Waals surface area contributed by atoms with Crippen LogP contribution < -0.4 is 5.32 Å². The van der Waals surface area contributed by atoms with Crippen LogP contribution in [-0.4, -0.2) is 45.5 Å². The molecule has 26 heavy (non-hydrogen) atoms. The molecule has 1 N–H and O–H groups in total. The van der Waals surface area contributed by atoms with Gasteiger partial charge in [0.05, 0.1) is 5.21 Å². The van der Waals surface area contributed by atoms with Gasteiger partial charge in [0.25, 0.3) is 0 Å². The van der Waals surface area contributed by atoms with Crippen LogP contribution in [0.25, 0.3) is 0 Å². The fourth-order valence-corrected chi connectivity index (χ4v) is 4.08. The summed E-state index contributed by atoms with van der Waals surface area (Å²) in [5.41, 5.74) is 2.99. The number of benzene rings is 1. The molecule has 0 amide bonds. The van der Waals surface area contributed by atoms with Gasteiger partial charge in [-0.3, -0.25) is 9.69 Å². The van der Waals surface area contributed by atoms with Crippen LogP contribution in [0, 0.1) is 6.92 Å². The summed E-state index contributed by atoms with van der Waals surface area (Å²) in [6.45, 7) is 4.97. The number of halogens is 1. The monoisotopic (exact) mass is 390 g/mol. The second-order valence-electron chi connectivity index (χ2n) is 6.46. The van der Waals surface area contributed by atoms with Crippen LogP contribution in [0.5, 0.6) is 0 Å². The number of nitrogens with zero attached hydrogens (tertiary/aromatic N) is 3. The summed E-state index contributed by atoms with van der Waals surface area (Å²) in [5, 5.41) is 4.99. The van der Waals surface area contributed by atoms with Crippen molar-refractivity contribution in [3.05, 3.63) is 47.3 Å². The number of hydrogen-bond acceptors (Lipinski definition) is 6. The van der Waals surface area contributed by atoms with Crippen LogP contribution in [0.3, 0.4) is 0 Å². The Morgan fingerprint density at radius 1 is 1.35 bits per heavy atom. The lowest BCUT2D eigenvalue weighted by molar-refractivity contribution is 0.112. The molecule has 3 rings (SSSR count). The van der Waals surface area contributed by atoms with Gasteiger partial charge in [-0.2, -0.15) is 0 Å². The van der Waals surface area contributed by atoms with Crippen molar-refractivity contribution in [2.24, 2.45) is 0 Å². The maximum atomic E-state index is 10.9. The second kappa shape index (κ2) is 9.35. The molecule has 138 valence electrons. The van der Waals surface area contributed by atoms with E-state index in [0.717, 1.165) is 60.7 Å². The Balaban J connectivity index is 1.54. The van der Waals surface area contributed by atoms with E-state index in [0.29, 0.717) is 11.3 Å². The molecule has 5 nitrogen and oxygen atoms in total. The molecule has 1 aliphatic heterocycles. The predicted molar refractivity (Wildman–Crippen MR) is 107 cm³/mol. The van der Waals surface area contributed by atoms with Gasteiger partial charge in [0.2, 0.25) is 0 Å². The molecule has 7 heteroatoms. The lowest BCUT2D eigenvalue weighted by Gasteiger charge is -2.33. The van der Waals surface area contributed by atoms with Crippen molar-refractivity contribution < 1.29 is 4.79 Å². The van der Waals surface area contributed by atoms with Gasteiger partial charge >= 0.3 is 0 Å². The Bertz CT molecular complexity index is 750. The molecule has 0 atom stereocenters. The number of rotatable bonds is 7. The van der Waals surface area contributed by atoms with Crippen molar-refractivity contribution in [2.45, 2.75) is 37.4 Å². The maximum Gasteiger partial charge on any atom is 0.150 e. The third-order valence-corrected chi connectivity index (χ3v) is 5.77. The van der Waals surface area contributed by atoms with E-state index in [9.17, 15) is 4.79 Å². The number of piperidine rings is 1. The van der Waals surface area contributed by atoms with Gasteiger partial charge < -0.3 is 5.32 Å². The minimum absolute atomic E-state index is 0.412. The molecule has 2 aromatic rings. The zero-order valence-corrected chi connectivity index (χ0v) is 16.4. The first kappa shape index (κ1) is 19.1. The Labute approximate surface area is 163 Å². The number of carbonyl (C=O) groups excluding carboxylic acids is 1. The molecule has 0 saturated carbocycles. The molecule has 1 aliphatic rings. The minimum Gasteiger partial charge on any atom is -0.367 e. The van der Waals surface area contributed by atoms with E-state index in [4.69, 9.17) is 11.6 Å². The van der Waals surface area contributed by atoms with Crippen LogP contribution in [0.1, 0.15) is 34.3 Å². The molecule has 0 bridgehead atoms. The van der Waals surface area contributed by atoms with Crippen LogP contribution in [0.15, 0.2) is 35.6 Å². The lowest BCUT2D eigenvalue weighted by Crippen LogP contribution is -2.39. The summed E-state index contributed by atoms with van der Waals surface area (Å²) >= 11 is 7.34. The van der Waals surface area contributed by atoms with Gasteiger partial charge in [-0.25, -0.2) is 9.97 Å². The highest BCUT2D eigenvalue weighted by Gasteiger charge is 2.20. The molecule has 0 aliphatic carbocycles. The van der Waals surface area contributed by atoms with E-state index in [1.165, 1.54) is 17.3 Å². The first-order chi connectivity index (χ1) is 12.7. The first-order valence-electron chi connectivity index (χ1n) is 8.73. The summed E-state index contributed by atoms with van der Waals surface area (Å²) in [6.07, 6.45) is 4.63. The summed E-state index contributed by atoms with van der Waals surface area (Å²) in [5.74, 6) is 0.907. The predicted octanol–water partition coefficient (Wildman–Crippen LogP) is 3.96. The molecule has 2 heterocycles. The van der Waals surface area contributed by atoms with Gasteiger partial charge in [-0.05, 0) is 31.4 Å². The largest absolute Gasteiger partial charge is 0.367 e. The maximum absolute atomic E-state index is 10.9. The van der Waals surface area contributed by atoms with E-state index in [2.05, 4.69) is 26.3 Å². The average Bonchev–Trinajstić information content (AvgIpc) is 2.67. The Morgan fingerprint density at radius 3 is 2.88 bits per heavy atom. The number of anilines is 1. The normalized spacial score (nSPS) is 15.8. The summed E-state index contributed by atoms with van der Waals surface area (Å²) in [7, 11) is 0. The Morgan fingerprint density at radius 2 is 2.15 bits per heavy atom. The zero-order valence-electron chi connectivity index (χ0n) is 14.8. The average molecular weight is 391 g/mol. The van der Waals surface area contributed by atoms with E-state index in [-0.39, 0.29) is 0 Å². The van der Waals surface area contributed by atoms with Crippen molar-refractivity contribution in [2.75, 3.05) is 23.6 Å². The molecule has 1 aromatic carbocycles. The standard InChI is InChI=1S/C19H23ClN4OS/c1-14-18(21-13-22-19(14)26-12-20)23-17-5-7-24(8-6-17)10-15-3-2-4-16(9-15)11-25/h2-4,9,11,13,17H,5-8,10,12H2,1H3,(H,21,22,23). The van der Waals surface area contributed by atoms with Crippen molar-refractivity contribution in [1.82, 2.24) is 14.9 Å². The number of aromatic nitrogens is 2. The van der Waals surface area contributed by atoms with Crippen molar-refractivity contribution in [3.63, 3.8) is 0 Å². The number of likely N-dealkylation sites (tertiary alicyclic amines) is 1. The zero-order chi connectivity index (χ0) is 18.4. The molecule has 0 spiro atoms. The molecule has 0 unspecified atom stereocenters. The van der Waals surface area contributed by atoms with E-state index in [1.807, 2.05) is 25.1 Å². The summed E-state index contributed by atoms with van der Waals surface area (Å²) in [6, 6.07) is 8.25. The second-order valence-corrected chi connectivity index (χ2v) is 8.01. The SMILES string of the molecule is Cc1c(NC2CCN(Cc3cccc(C=O)c3)CC2)ncnc1SCCl. The van der Waals surface area contributed by atoms with Crippen molar-refractivity contribution in [3.8, 4) is 0 Å². The van der Waals surface area contributed by atoms with Gasteiger partial charge in [0.15, 0.2) is 0 Å². The highest BCUT2D eigenvalue weighted by molar-refractivity contribution is 8.00.